The SMILES string of the molecule is CC1CCN(C(=O)NC2(C)CC2)C1. The van der Waals surface area contributed by atoms with Gasteiger partial charge in [0.2, 0.25) is 0 Å². The van der Waals surface area contributed by atoms with E-state index in [4.69, 9.17) is 0 Å². The Morgan fingerprint density at radius 2 is 2.23 bits per heavy atom. The summed E-state index contributed by atoms with van der Waals surface area (Å²) < 4.78 is 0. The predicted molar refractivity (Wildman–Crippen MR) is 51.5 cm³/mol. The maximum Gasteiger partial charge on any atom is 0.317 e. The largest absolute Gasteiger partial charge is 0.333 e. The molecular weight excluding hydrogens is 164 g/mol. The molecule has 1 aliphatic heterocycles. The molecule has 1 N–H and O–H groups in total. The lowest BCUT2D eigenvalue weighted by Gasteiger charge is -2.20. The van der Waals surface area contributed by atoms with E-state index in [1.165, 1.54) is 0 Å². The van der Waals surface area contributed by atoms with Gasteiger partial charge in [-0.2, -0.15) is 0 Å². The van der Waals surface area contributed by atoms with Crippen molar-refractivity contribution in [2.24, 2.45) is 5.92 Å². The molecule has 1 atom stereocenters. The second-order valence-electron chi connectivity index (χ2n) is 4.83. The van der Waals surface area contributed by atoms with E-state index in [-0.39, 0.29) is 11.6 Å². The average Bonchev–Trinajstić information content (AvgIpc) is 2.62. The van der Waals surface area contributed by atoms with Crippen molar-refractivity contribution in [3.63, 3.8) is 0 Å². The molecule has 74 valence electrons. The average molecular weight is 182 g/mol. The topological polar surface area (TPSA) is 32.3 Å². The quantitative estimate of drug-likeness (QED) is 0.656. The highest BCUT2D eigenvalue weighted by Gasteiger charge is 2.40. The summed E-state index contributed by atoms with van der Waals surface area (Å²) >= 11 is 0. The van der Waals surface area contributed by atoms with Crippen LogP contribution in [0.1, 0.15) is 33.1 Å². The number of urea groups is 1. The van der Waals surface area contributed by atoms with Crippen molar-refractivity contribution in [3.8, 4) is 0 Å². The van der Waals surface area contributed by atoms with Crippen LogP contribution in [0.5, 0.6) is 0 Å². The first-order valence-electron chi connectivity index (χ1n) is 5.16. The smallest absolute Gasteiger partial charge is 0.317 e. The minimum absolute atomic E-state index is 0.128. The highest BCUT2D eigenvalue weighted by Crippen LogP contribution is 2.34. The van der Waals surface area contributed by atoms with Gasteiger partial charge in [-0.25, -0.2) is 4.79 Å². The zero-order chi connectivity index (χ0) is 9.47. The number of hydrogen-bond donors (Lipinski definition) is 1. The summed E-state index contributed by atoms with van der Waals surface area (Å²) in [5.41, 5.74) is 0.128. The van der Waals surface area contributed by atoms with Gasteiger partial charge in [-0.15, -0.1) is 0 Å². The van der Waals surface area contributed by atoms with Gasteiger partial charge >= 0.3 is 6.03 Å². The van der Waals surface area contributed by atoms with Crippen LogP contribution < -0.4 is 5.32 Å². The fourth-order valence-corrected chi connectivity index (χ4v) is 1.77. The van der Waals surface area contributed by atoms with Gasteiger partial charge in [0.1, 0.15) is 0 Å². The Hall–Kier alpha value is -0.730. The van der Waals surface area contributed by atoms with Crippen LogP contribution in [-0.2, 0) is 0 Å². The lowest BCUT2D eigenvalue weighted by Crippen LogP contribution is -2.43. The molecule has 1 heterocycles. The van der Waals surface area contributed by atoms with Crippen LogP contribution in [0.15, 0.2) is 0 Å². The summed E-state index contributed by atoms with van der Waals surface area (Å²) in [4.78, 5) is 13.6. The van der Waals surface area contributed by atoms with E-state index in [2.05, 4.69) is 19.2 Å². The van der Waals surface area contributed by atoms with Gasteiger partial charge in [0.25, 0.3) is 0 Å². The molecule has 2 rings (SSSR count). The summed E-state index contributed by atoms with van der Waals surface area (Å²) in [5, 5.41) is 3.08. The molecule has 2 fully saturated rings. The summed E-state index contributed by atoms with van der Waals surface area (Å²) in [6.07, 6.45) is 3.44. The van der Waals surface area contributed by atoms with Gasteiger partial charge in [-0.3, -0.25) is 0 Å². The molecule has 1 saturated heterocycles. The summed E-state index contributed by atoms with van der Waals surface area (Å²) in [5.74, 6) is 0.678. The normalized spacial score (nSPS) is 30.3. The van der Waals surface area contributed by atoms with Crippen molar-refractivity contribution in [2.45, 2.75) is 38.6 Å². The number of amides is 2. The van der Waals surface area contributed by atoms with Crippen LogP contribution in [0.4, 0.5) is 4.79 Å². The molecule has 1 aliphatic carbocycles. The lowest BCUT2D eigenvalue weighted by atomic mass is 10.2. The van der Waals surface area contributed by atoms with E-state index in [1.54, 1.807) is 0 Å². The van der Waals surface area contributed by atoms with Gasteiger partial charge < -0.3 is 10.2 Å². The number of carbonyl (C=O) groups is 1. The molecule has 0 aromatic carbocycles. The molecule has 1 unspecified atom stereocenters. The van der Waals surface area contributed by atoms with Crippen molar-refractivity contribution in [2.75, 3.05) is 13.1 Å². The second-order valence-corrected chi connectivity index (χ2v) is 4.83. The second kappa shape index (κ2) is 2.89. The van der Waals surface area contributed by atoms with Crippen LogP contribution in [0.3, 0.4) is 0 Å². The highest BCUT2D eigenvalue weighted by atomic mass is 16.2. The van der Waals surface area contributed by atoms with E-state index in [0.29, 0.717) is 5.92 Å². The van der Waals surface area contributed by atoms with Gasteiger partial charge in [-0.1, -0.05) is 6.92 Å². The molecule has 0 radical (unpaired) electrons. The zero-order valence-electron chi connectivity index (χ0n) is 8.47. The third-order valence-corrected chi connectivity index (χ3v) is 3.12. The van der Waals surface area contributed by atoms with Crippen LogP contribution in [0, 0.1) is 5.92 Å². The van der Waals surface area contributed by atoms with Gasteiger partial charge in [0.05, 0.1) is 0 Å². The molecule has 0 aromatic rings. The number of likely N-dealkylation sites (tertiary alicyclic amines) is 1. The molecule has 2 aliphatic rings. The number of nitrogens with zero attached hydrogens (tertiary/aromatic N) is 1. The lowest BCUT2D eigenvalue weighted by molar-refractivity contribution is 0.203. The van der Waals surface area contributed by atoms with E-state index in [1.807, 2.05) is 4.90 Å². The molecule has 2 amide bonds. The molecule has 13 heavy (non-hydrogen) atoms. The third kappa shape index (κ3) is 1.95. The van der Waals surface area contributed by atoms with Gasteiger partial charge in [0, 0.05) is 18.6 Å². The predicted octanol–water partition coefficient (Wildman–Crippen LogP) is 1.59. The Balaban J connectivity index is 1.83. The van der Waals surface area contributed by atoms with Gasteiger partial charge in [0.15, 0.2) is 0 Å². The fourth-order valence-electron chi connectivity index (χ4n) is 1.77. The molecule has 1 saturated carbocycles. The van der Waals surface area contributed by atoms with Crippen LogP contribution in [-0.4, -0.2) is 29.6 Å². The van der Waals surface area contributed by atoms with Crippen LogP contribution in [0.25, 0.3) is 0 Å². The van der Waals surface area contributed by atoms with E-state index >= 15 is 0 Å². The van der Waals surface area contributed by atoms with Crippen molar-refractivity contribution < 1.29 is 4.79 Å². The number of nitrogens with one attached hydrogen (secondary N) is 1. The summed E-state index contributed by atoms with van der Waals surface area (Å²) in [6, 6.07) is 0.143. The first-order valence-corrected chi connectivity index (χ1v) is 5.16. The fraction of sp³-hybridized carbons (Fsp3) is 0.900. The van der Waals surface area contributed by atoms with E-state index in [0.717, 1.165) is 32.4 Å². The first kappa shape index (κ1) is 8.85. The van der Waals surface area contributed by atoms with Gasteiger partial charge in [-0.05, 0) is 32.1 Å². The minimum Gasteiger partial charge on any atom is -0.333 e. The monoisotopic (exact) mass is 182 g/mol. The number of hydrogen-bond acceptors (Lipinski definition) is 1. The van der Waals surface area contributed by atoms with Crippen molar-refractivity contribution >= 4 is 6.03 Å². The van der Waals surface area contributed by atoms with E-state index in [9.17, 15) is 4.79 Å². The molecule has 0 aromatic heterocycles. The number of carbonyl (C=O) groups excluding carboxylic acids is 1. The third-order valence-electron chi connectivity index (χ3n) is 3.12. The molecule has 0 spiro atoms. The maximum absolute atomic E-state index is 11.7. The molecule has 0 bridgehead atoms. The van der Waals surface area contributed by atoms with Crippen molar-refractivity contribution in [1.29, 1.82) is 0 Å². The minimum atomic E-state index is 0.128. The maximum atomic E-state index is 11.7. The molecular formula is C10H18N2O. The van der Waals surface area contributed by atoms with Crippen molar-refractivity contribution in [1.82, 2.24) is 10.2 Å². The zero-order valence-corrected chi connectivity index (χ0v) is 8.47. The Morgan fingerprint density at radius 3 is 2.69 bits per heavy atom. The summed E-state index contributed by atoms with van der Waals surface area (Å²) in [7, 11) is 0. The standard InChI is InChI=1S/C10H18N2O/c1-8-3-6-12(7-8)9(13)11-10(2)4-5-10/h8H,3-7H2,1-2H3,(H,11,13). The number of rotatable bonds is 1. The molecule has 3 heteroatoms. The summed E-state index contributed by atoms with van der Waals surface area (Å²) in [6.45, 7) is 6.18. The highest BCUT2D eigenvalue weighted by molar-refractivity contribution is 5.75. The Bertz CT molecular complexity index is 223. The Kier molecular flexibility index (Phi) is 1.97. The first-order chi connectivity index (χ1) is 6.09. The van der Waals surface area contributed by atoms with Crippen molar-refractivity contribution in [3.05, 3.63) is 0 Å². The Morgan fingerprint density at radius 1 is 1.54 bits per heavy atom. The van der Waals surface area contributed by atoms with Crippen LogP contribution in [0.2, 0.25) is 0 Å². The van der Waals surface area contributed by atoms with Crippen LogP contribution >= 0.6 is 0 Å². The molecule has 3 nitrogen and oxygen atoms in total. The Labute approximate surface area is 79.5 Å². The van der Waals surface area contributed by atoms with E-state index < -0.39 is 0 Å².